The highest BCUT2D eigenvalue weighted by molar-refractivity contribution is 6.00. The number of carbonyl (C=O) groups excluding carboxylic acids is 1. The molecule has 3 saturated carbocycles. The first-order chi connectivity index (χ1) is 19.2. The number of amides is 1. The minimum absolute atomic E-state index is 0.125. The highest BCUT2D eigenvalue weighted by Crippen LogP contribution is 2.60. The van der Waals surface area contributed by atoms with E-state index in [2.05, 4.69) is 26.2 Å². The Morgan fingerprint density at radius 2 is 2.08 bits per heavy atom. The van der Waals surface area contributed by atoms with Crippen molar-refractivity contribution in [3.05, 3.63) is 42.1 Å². The number of rotatable bonds is 6. The molecule has 8 nitrogen and oxygen atoms in total. The highest BCUT2D eigenvalue weighted by atomic mass is 16.5. The van der Waals surface area contributed by atoms with E-state index in [1.807, 2.05) is 24.4 Å². The Kier molecular flexibility index (Phi) is 4.64. The van der Waals surface area contributed by atoms with Crippen LogP contribution in [0.1, 0.15) is 48.5 Å². The smallest absolute Gasteiger partial charge is 0.254 e. The third-order valence-corrected chi connectivity index (χ3v) is 10.3. The maximum atomic E-state index is 13.8. The molecule has 5 heterocycles. The largest absolute Gasteiger partial charge is 0.494 e. The summed E-state index contributed by atoms with van der Waals surface area (Å²) in [4.78, 5) is 26.0. The number of ether oxygens (including phenoxy) is 2. The first kappa shape index (κ1) is 22.4. The van der Waals surface area contributed by atoms with Crippen molar-refractivity contribution in [1.29, 1.82) is 0 Å². The second kappa shape index (κ2) is 8.07. The predicted molar refractivity (Wildman–Crippen MR) is 147 cm³/mol. The van der Waals surface area contributed by atoms with Crippen LogP contribution in [0, 0.1) is 23.7 Å². The average molecular weight is 524 g/mol. The molecule has 2 saturated heterocycles. The van der Waals surface area contributed by atoms with E-state index >= 15 is 0 Å². The van der Waals surface area contributed by atoms with E-state index in [1.165, 1.54) is 25.7 Å². The van der Waals surface area contributed by atoms with Crippen molar-refractivity contribution in [2.45, 2.75) is 50.7 Å². The molecule has 1 aromatic carbocycles. The summed E-state index contributed by atoms with van der Waals surface area (Å²) < 4.78 is 16.5. The third-order valence-electron chi connectivity index (χ3n) is 10.3. The molecule has 0 radical (unpaired) electrons. The number of hydrogen-bond donors (Lipinski definition) is 0. The van der Waals surface area contributed by atoms with Crippen LogP contribution < -0.4 is 4.74 Å². The van der Waals surface area contributed by atoms with Crippen LogP contribution >= 0.6 is 0 Å². The quantitative estimate of drug-likeness (QED) is 0.359. The number of fused-ring (bicyclic) bond motifs is 2. The highest BCUT2D eigenvalue weighted by Gasteiger charge is 2.61. The molecule has 8 heteroatoms. The van der Waals surface area contributed by atoms with Crippen LogP contribution in [0.5, 0.6) is 5.75 Å². The van der Waals surface area contributed by atoms with Crippen LogP contribution in [0.15, 0.2) is 36.5 Å². The molecular formula is C31H33N5O3. The lowest BCUT2D eigenvalue weighted by atomic mass is 9.53. The van der Waals surface area contributed by atoms with Crippen LogP contribution in [-0.2, 0) is 11.3 Å². The van der Waals surface area contributed by atoms with Gasteiger partial charge in [0.1, 0.15) is 16.9 Å². The van der Waals surface area contributed by atoms with Gasteiger partial charge >= 0.3 is 0 Å². The number of aromatic nitrogens is 4. The number of imidazole rings is 1. The molecule has 5 fully saturated rings. The van der Waals surface area contributed by atoms with Gasteiger partial charge < -0.3 is 23.5 Å². The van der Waals surface area contributed by atoms with E-state index in [1.54, 1.807) is 7.11 Å². The van der Waals surface area contributed by atoms with Gasteiger partial charge in [0, 0.05) is 42.9 Å². The van der Waals surface area contributed by atoms with Crippen LogP contribution in [0.3, 0.4) is 0 Å². The van der Waals surface area contributed by atoms with Crippen molar-refractivity contribution in [1.82, 2.24) is 24.0 Å². The Hall–Kier alpha value is -3.39. The second-order valence-electron chi connectivity index (χ2n) is 12.5. The van der Waals surface area contributed by atoms with Crippen molar-refractivity contribution in [3.63, 3.8) is 0 Å². The minimum atomic E-state index is 0.125. The van der Waals surface area contributed by atoms with Gasteiger partial charge in [0.15, 0.2) is 5.82 Å². The number of hydrogen-bond acceptors (Lipinski definition) is 5. The molecule has 0 N–H and O–H groups in total. The summed E-state index contributed by atoms with van der Waals surface area (Å²) in [6, 6.07) is 10.9. The van der Waals surface area contributed by atoms with Gasteiger partial charge in [-0.3, -0.25) is 4.79 Å². The topological polar surface area (TPSA) is 74.4 Å². The molecular weight excluding hydrogens is 490 g/mol. The zero-order valence-corrected chi connectivity index (χ0v) is 22.3. The van der Waals surface area contributed by atoms with Gasteiger partial charge in [-0.05, 0) is 86.1 Å². The lowest BCUT2D eigenvalue weighted by molar-refractivity contribution is -0.0204. The van der Waals surface area contributed by atoms with Crippen molar-refractivity contribution in [2.24, 2.45) is 23.7 Å². The van der Waals surface area contributed by atoms with E-state index in [0.29, 0.717) is 35.8 Å². The Bertz CT molecular complexity index is 1640. The predicted octanol–water partition coefficient (Wildman–Crippen LogP) is 4.91. The minimum Gasteiger partial charge on any atom is -0.494 e. The van der Waals surface area contributed by atoms with Gasteiger partial charge in [0.05, 0.1) is 31.0 Å². The maximum absolute atomic E-state index is 13.8. The second-order valence-corrected chi connectivity index (χ2v) is 12.5. The fraction of sp³-hybridized carbons (Fsp3) is 0.516. The van der Waals surface area contributed by atoms with Crippen LogP contribution in [0.25, 0.3) is 33.6 Å². The fourth-order valence-electron chi connectivity index (χ4n) is 8.11. The molecule has 5 aliphatic rings. The Labute approximate surface area is 226 Å². The van der Waals surface area contributed by atoms with Crippen LogP contribution in [0.2, 0.25) is 0 Å². The lowest BCUT2D eigenvalue weighted by Crippen LogP contribution is -2.53. The van der Waals surface area contributed by atoms with E-state index in [0.717, 1.165) is 71.5 Å². The lowest BCUT2D eigenvalue weighted by Gasteiger charge is -2.52. The first-order valence-electron chi connectivity index (χ1n) is 14.6. The molecule has 0 spiro atoms. The SMILES string of the molecule is COc1cc(C(=O)N2C[C@H]3CC4C[C@@H]2[C@H]43)cc2nc(-c3cc4cccnc4n3CC3CC3)n([C@H]3CCOC3)c12. The van der Waals surface area contributed by atoms with Gasteiger partial charge in [0.2, 0.25) is 0 Å². The molecule has 1 unspecified atom stereocenters. The summed E-state index contributed by atoms with van der Waals surface area (Å²) >= 11 is 0. The van der Waals surface area contributed by atoms with E-state index in [4.69, 9.17) is 19.4 Å². The molecule has 9 rings (SSSR count). The van der Waals surface area contributed by atoms with Crippen LogP contribution in [-0.4, -0.2) is 62.8 Å². The summed E-state index contributed by atoms with van der Waals surface area (Å²) in [6.45, 7) is 3.22. The molecule has 39 heavy (non-hydrogen) atoms. The molecule has 4 aromatic rings. The van der Waals surface area contributed by atoms with Crippen molar-refractivity contribution in [3.8, 4) is 17.3 Å². The molecule has 1 amide bonds. The number of nitrogens with zero attached hydrogens (tertiary/aromatic N) is 5. The number of benzene rings is 1. The number of pyridine rings is 1. The van der Waals surface area contributed by atoms with E-state index in [9.17, 15) is 4.79 Å². The van der Waals surface area contributed by atoms with Crippen LogP contribution in [0.4, 0.5) is 0 Å². The monoisotopic (exact) mass is 523 g/mol. The van der Waals surface area contributed by atoms with Crippen molar-refractivity contribution in [2.75, 3.05) is 26.9 Å². The molecule has 3 aromatic heterocycles. The summed E-state index contributed by atoms with van der Waals surface area (Å²) in [7, 11) is 1.70. The van der Waals surface area contributed by atoms with Crippen molar-refractivity contribution < 1.29 is 14.3 Å². The summed E-state index contributed by atoms with van der Waals surface area (Å²) in [6.07, 6.45) is 7.79. The Balaban J connectivity index is 1.22. The van der Waals surface area contributed by atoms with Gasteiger partial charge in [0.25, 0.3) is 5.91 Å². The third kappa shape index (κ3) is 3.18. The van der Waals surface area contributed by atoms with Gasteiger partial charge in [-0.2, -0.15) is 0 Å². The van der Waals surface area contributed by atoms with E-state index < -0.39 is 0 Å². The standard InChI is InChI=1S/C31H33N5O3/c1-38-26-13-20(31(37)35-15-21-9-19-12-24(35)27(19)21)10-23-28(26)36(22-6-8-39-16-22)30(33-23)25-11-18-3-2-7-32-29(18)34(25)14-17-4-5-17/h2-3,7,10-11,13,17,19,21-22,24,27H,4-6,8-9,12,14-16H2,1H3/t19?,21-,22+,24-,27-/m1/s1. The Morgan fingerprint density at radius 1 is 1.15 bits per heavy atom. The zero-order valence-electron chi connectivity index (χ0n) is 22.3. The molecule has 3 aliphatic carbocycles. The summed E-state index contributed by atoms with van der Waals surface area (Å²) in [5, 5.41) is 1.12. The molecule has 0 bridgehead atoms. The zero-order chi connectivity index (χ0) is 25.8. The average Bonchev–Trinajstić information content (AvgIpc) is 3.25. The number of likely N-dealkylation sites (tertiary alicyclic amines) is 1. The first-order valence-corrected chi connectivity index (χ1v) is 14.6. The normalized spacial score (nSPS) is 29.1. The number of methoxy groups -OCH3 is 1. The summed E-state index contributed by atoms with van der Waals surface area (Å²) in [5.41, 5.74) is 4.52. The van der Waals surface area contributed by atoms with Crippen molar-refractivity contribution >= 4 is 28.0 Å². The van der Waals surface area contributed by atoms with Gasteiger partial charge in [-0.25, -0.2) is 9.97 Å². The van der Waals surface area contributed by atoms with E-state index in [-0.39, 0.29) is 11.9 Å². The van der Waals surface area contributed by atoms with Gasteiger partial charge in [-0.15, -0.1) is 0 Å². The molecule has 200 valence electrons. The summed E-state index contributed by atoms with van der Waals surface area (Å²) in [5.74, 6) is 4.74. The fourth-order valence-corrected chi connectivity index (χ4v) is 8.11. The molecule has 2 aliphatic heterocycles. The van der Waals surface area contributed by atoms with Gasteiger partial charge in [-0.1, -0.05) is 0 Å². The number of carbonyl (C=O) groups is 1. The Morgan fingerprint density at radius 3 is 2.85 bits per heavy atom. The maximum Gasteiger partial charge on any atom is 0.254 e. The molecule has 5 atom stereocenters.